The lowest BCUT2D eigenvalue weighted by Gasteiger charge is -1.96. The van der Waals surface area contributed by atoms with Crippen molar-refractivity contribution < 1.29 is 0 Å². The van der Waals surface area contributed by atoms with Gasteiger partial charge in [0, 0.05) is 11.9 Å². The number of aromatic nitrogens is 1. The summed E-state index contributed by atoms with van der Waals surface area (Å²) < 4.78 is 0. The molecule has 68 valence electrons. The maximum absolute atomic E-state index is 3.28. The molecule has 0 bridgehead atoms. The van der Waals surface area contributed by atoms with Gasteiger partial charge in [0.25, 0.3) is 0 Å². The largest absolute Gasteiger partial charge is 0.365 e. The van der Waals surface area contributed by atoms with Crippen molar-refractivity contribution >= 4 is 0 Å². The Morgan fingerprint density at radius 1 is 1.25 bits per heavy atom. The first-order chi connectivity index (χ1) is 5.83. The van der Waals surface area contributed by atoms with Gasteiger partial charge in [-0.25, -0.2) is 0 Å². The Kier molecular flexibility index (Phi) is 3.92. The van der Waals surface area contributed by atoms with E-state index in [1.54, 1.807) is 0 Å². The van der Waals surface area contributed by atoms with E-state index >= 15 is 0 Å². The number of nitrogens with one attached hydrogen (secondary N) is 1. The van der Waals surface area contributed by atoms with Gasteiger partial charge in [-0.15, -0.1) is 0 Å². The highest BCUT2D eigenvalue weighted by Crippen LogP contribution is 2.07. The summed E-state index contributed by atoms with van der Waals surface area (Å²) in [5, 5.41) is 0. The number of rotatable bonds is 5. The Labute approximate surface area is 75.2 Å². The van der Waals surface area contributed by atoms with Crippen LogP contribution >= 0.6 is 0 Å². The summed E-state index contributed by atoms with van der Waals surface area (Å²) in [4.78, 5) is 3.28. The smallest absolute Gasteiger partial charge is 0.0149 e. The molecule has 1 aromatic rings. The Morgan fingerprint density at radius 3 is 2.67 bits per heavy atom. The standard InChI is InChI=1S/C11H19N/c1-3-4-5-6-7-11-8-10(2)9-12-11/h8-9,12H,3-7H2,1-2H3. The van der Waals surface area contributed by atoms with Crippen molar-refractivity contribution in [2.75, 3.05) is 0 Å². The lowest BCUT2D eigenvalue weighted by molar-refractivity contribution is 0.662. The maximum atomic E-state index is 3.28. The van der Waals surface area contributed by atoms with E-state index in [0.29, 0.717) is 0 Å². The van der Waals surface area contributed by atoms with Crippen LogP contribution in [0.5, 0.6) is 0 Å². The van der Waals surface area contributed by atoms with E-state index in [4.69, 9.17) is 0 Å². The first-order valence-corrected chi connectivity index (χ1v) is 4.97. The van der Waals surface area contributed by atoms with Crippen LogP contribution in [-0.2, 0) is 6.42 Å². The topological polar surface area (TPSA) is 15.8 Å². The second-order valence-electron chi connectivity index (χ2n) is 3.51. The Morgan fingerprint density at radius 2 is 2.08 bits per heavy atom. The molecule has 0 aliphatic rings. The quantitative estimate of drug-likeness (QED) is 0.643. The van der Waals surface area contributed by atoms with Crippen molar-refractivity contribution in [3.8, 4) is 0 Å². The van der Waals surface area contributed by atoms with Crippen LogP contribution in [0.3, 0.4) is 0 Å². The summed E-state index contributed by atoms with van der Waals surface area (Å²) in [6.45, 7) is 4.38. The van der Waals surface area contributed by atoms with Crippen molar-refractivity contribution in [3.63, 3.8) is 0 Å². The molecular formula is C11H19N. The molecule has 1 nitrogen and oxygen atoms in total. The van der Waals surface area contributed by atoms with Crippen LogP contribution in [0.4, 0.5) is 0 Å². The van der Waals surface area contributed by atoms with E-state index in [1.165, 1.54) is 43.4 Å². The average molecular weight is 165 g/mol. The number of hydrogen-bond donors (Lipinski definition) is 1. The van der Waals surface area contributed by atoms with Gasteiger partial charge in [-0.05, 0) is 31.4 Å². The van der Waals surface area contributed by atoms with Crippen LogP contribution in [0, 0.1) is 6.92 Å². The zero-order chi connectivity index (χ0) is 8.81. The zero-order valence-corrected chi connectivity index (χ0v) is 8.19. The number of aromatic amines is 1. The second-order valence-corrected chi connectivity index (χ2v) is 3.51. The minimum atomic E-state index is 1.22. The normalized spacial score (nSPS) is 10.5. The molecule has 1 aromatic heterocycles. The van der Waals surface area contributed by atoms with Crippen LogP contribution in [-0.4, -0.2) is 4.98 Å². The highest BCUT2D eigenvalue weighted by atomic mass is 14.7. The molecule has 0 aliphatic carbocycles. The predicted molar refractivity (Wildman–Crippen MR) is 53.4 cm³/mol. The van der Waals surface area contributed by atoms with E-state index in [2.05, 4.69) is 31.1 Å². The van der Waals surface area contributed by atoms with Gasteiger partial charge in [-0.1, -0.05) is 26.2 Å². The van der Waals surface area contributed by atoms with E-state index in [9.17, 15) is 0 Å². The summed E-state index contributed by atoms with van der Waals surface area (Å²) in [7, 11) is 0. The molecular weight excluding hydrogens is 146 g/mol. The first-order valence-electron chi connectivity index (χ1n) is 4.97. The molecule has 1 heterocycles. The minimum Gasteiger partial charge on any atom is -0.365 e. The fourth-order valence-electron chi connectivity index (χ4n) is 1.45. The number of unbranched alkanes of at least 4 members (excludes halogenated alkanes) is 3. The Balaban J connectivity index is 2.15. The maximum Gasteiger partial charge on any atom is 0.0149 e. The molecule has 0 spiro atoms. The molecule has 0 aromatic carbocycles. The fraction of sp³-hybridized carbons (Fsp3) is 0.636. The van der Waals surface area contributed by atoms with Gasteiger partial charge in [-0.2, -0.15) is 0 Å². The minimum absolute atomic E-state index is 1.22. The Hall–Kier alpha value is -0.720. The third-order valence-electron chi connectivity index (χ3n) is 2.19. The number of H-pyrrole nitrogens is 1. The summed E-state index contributed by atoms with van der Waals surface area (Å²) >= 11 is 0. The molecule has 0 radical (unpaired) electrons. The highest BCUT2D eigenvalue weighted by molar-refractivity contribution is 5.14. The molecule has 1 N–H and O–H groups in total. The van der Waals surface area contributed by atoms with Gasteiger partial charge >= 0.3 is 0 Å². The molecule has 0 atom stereocenters. The average Bonchev–Trinajstić information content (AvgIpc) is 2.45. The van der Waals surface area contributed by atoms with Gasteiger partial charge in [0.2, 0.25) is 0 Å². The molecule has 1 rings (SSSR count). The number of aryl methyl sites for hydroxylation is 2. The van der Waals surface area contributed by atoms with Gasteiger partial charge < -0.3 is 4.98 Å². The van der Waals surface area contributed by atoms with E-state index in [-0.39, 0.29) is 0 Å². The summed E-state index contributed by atoms with van der Waals surface area (Å²) in [5.41, 5.74) is 2.74. The third-order valence-corrected chi connectivity index (χ3v) is 2.19. The predicted octanol–water partition coefficient (Wildman–Crippen LogP) is 3.45. The molecule has 0 saturated heterocycles. The van der Waals surface area contributed by atoms with Crippen molar-refractivity contribution in [2.45, 2.75) is 46.0 Å². The van der Waals surface area contributed by atoms with Crippen LogP contribution < -0.4 is 0 Å². The lowest BCUT2D eigenvalue weighted by Crippen LogP contribution is -1.84. The van der Waals surface area contributed by atoms with Crippen LogP contribution in [0.2, 0.25) is 0 Å². The van der Waals surface area contributed by atoms with Crippen molar-refractivity contribution in [1.29, 1.82) is 0 Å². The van der Waals surface area contributed by atoms with Crippen molar-refractivity contribution in [3.05, 3.63) is 23.5 Å². The van der Waals surface area contributed by atoms with E-state index in [0.717, 1.165) is 0 Å². The van der Waals surface area contributed by atoms with Gasteiger partial charge in [0.15, 0.2) is 0 Å². The summed E-state index contributed by atoms with van der Waals surface area (Å²) in [6.07, 6.45) is 8.69. The number of hydrogen-bond acceptors (Lipinski definition) is 0. The van der Waals surface area contributed by atoms with E-state index < -0.39 is 0 Å². The molecule has 0 saturated carbocycles. The fourth-order valence-corrected chi connectivity index (χ4v) is 1.45. The van der Waals surface area contributed by atoms with Crippen LogP contribution in [0.15, 0.2) is 12.3 Å². The highest BCUT2D eigenvalue weighted by Gasteiger charge is 1.94. The first kappa shape index (κ1) is 9.37. The molecule has 1 heteroatoms. The zero-order valence-electron chi connectivity index (χ0n) is 8.19. The van der Waals surface area contributed by atoms with Gasteiger partial charge in [-0.3, -0.25) is 0 Å². The van der Waals surface area contributed by atoms with Crippen molar-refractivity contribution in [1.82, 2.24) is 4.98 Å². The van der Waals surface area contributed by atoms with Gasteiger partial charge in [0.05, 0.1) is 0 Å². The Bertz CT molecular complexity index is 213. The van der Waals surface area contributed by atoms with Crippen molar-refractivity contribution in [2.24, 2.45) is 0 Å². The molecule has 0 aliphatic heterocycles. The summed E-state index contributed by atoms with van der Waals surface area (Å²) in [6, 6.07) is 2.24. The molecule has 12 heavy (non-hydrogen) atoms. The van der Waals surface area contributed by atoms with Crippen LogP contribution in [0.1, 0.15) is 43.9 Å². The van der Waals surface area contributed by atoms with Gasteiger partial charge in [0.1, 0.15) is 0 Å². The molecule has 0 amide bonds. The third kappa shape index (κ3) is 3.12. The second kappa shape index (κ2) is 5.02. The summed E-state index contributed by atoms with van der Waals surface area (Å²) in [5.74, 6) is 0. The lowest BCUT2D eigenvalue weighted by atomic mass is 10.1. The SMILES string of the molecule is CCCCCCc1cc(C)c[nH]1. The monoisotopic (exact) mass is 165 g/mol. The molecule has 0 fully saturated rings. The van der Waals surface area contributed by atoms with Crippen LogP contribution in [0.25, 0.3) is 0 Å². The van der Waals surface area contributed by atoms with E-state index in [1.807, 2.05) is 0 Å². The molecule has 0 unspecified atom stereocenters.